The number of aryl methyl sites for hydroxylation is 1. The average Bonchev–Trinajstić information content (AvgIpc) is 2.85. The molecule has 0 aliphatic heterocycles. The van der Waals surface area contributed by atoms with E-state index in [9.17, 15) is 24.8 Å². The van der Waals surface area contributed by atoms with Gasteiger partial charge in [-0.15, -0.1) is 0 Å². The van der Waals surface area contributed by atoms with Gasteiger partial charge < -0.3 is 9.67 Å². The highest BCUT2D eigenvalue weighted by Crippen LogP contribution is 2.30. The third-order valence-corrected chi connectivity index (χ3v) is 4.32. The largest absolute Gasteiger partial charge is 0.477 e. The summed E-state index contributed by atoms with van der Waals surface area (Å²) in [6.45, 7) is 1.75. The van der Waals surface area contributed by atoms with Crippen LogP contribution in [0.2, 0.25) is 0 Å². The van der Waals surface area contributed by atoms with Gasteiger partial charge in [0.25, 0.3) is 5.69 Å². The summed E-state index contributed by atoms with van der Waals surface area (Å²) in [4.78, 5) is 35.0. The predicted molar refractivity (Wildman–Crippen MR) is 91.1 cm³/mol. The van der Waals surface area contributed by atoms with Crippen LogP contribution in [0.25, 0.3) is 10.9 Å². The number of carbonyl (C=O) groups is 2. The van der Waals surface area contributed by atoms with E-state index in [1.54, 1.807) is 26.1 Å². The maximum atomic E-state index is 13.1. The van der Waals surface area contributed by atoms with Gasteiger partial charge in [-0.05, 0) is 19.1 Å². The highest BCUT2D eigenvalue weighted by atomic mass is 16.6. The number of carboxylic acid groups (broad SMARTS) is 1. The molecule has 3 rings (SSSR count). The molecule has 2 aromatic carbocycles. The first kappa shape index (κ1) is 16.4. The molecule has 3 aromatic rings. The summed E-state index contributed by atoms with van der Waals surface area (Å²) < 4.78 is 1.83. The summed E-state index contributed by atoms with van der Waals surface area (Å²) in [7, 11) is 1.81. The van der Waals surface area contributed by atoms with Crippen molar-refractivity contribution in [3.05, 3.63) is 75.0 Å². The standard InChI is InChI=1S/C18H14N2O5/c1-10-15(11-6-3-4-8-13(11)19(10)2)17(21)12-7-5-9-14(20(24)25)16(12)18(22)23/h3-9H,1-2H3,(H,22,23). The molecule has 0 bridgehead atoms. The minimum absolute atomic E-state index is 0.193. The summed E-state index contributed by atoms with van der Waals surface area (Å²) in [6, 6.07) is 10.9. The van der Waals surface area contributed by atoms with Crippen LogP contribution in [0, 0.1) is 17.0 Å². The molecule has 0 saturated carbocycles. The van der Waals surface area contributed by atoms with E-state index < -0.39 is 27.9 Å². The number of hydrogen-bond donors (Lipinski definition) is 1. The van der Waals surface area contributed by atoms with Crippen molar-refractivity contribution in [2.75, 3.05) is 0 Å². The average molecular weight is 338 g/mol. The highest BCUT2D eigenvalue weighted by Gasteiger charge is 2.29. The normalized spacial score (nSPS) is 10.8. The minimum Gasteiger partial charge on any atom is -0.477 e. The molecule has 0 aliphatic carbocycles. The molecule has 0 fully saturated rings. The van der Waals surface area contributed by atoms with Gasteiger partial charge in [-0.1, -0.05) is 24.3 Å². The van der Waals surface area contributed by atoms with Gasteiger partial charge in [0.2, 0.25) is 0 Å². The molecule has 0 amide bonds. The third-order valence-electron chi connectivity index (χ3n) is 4.32. The second-order valence-electron chi connectivity index (χ2n) is 5.63. The third kappa shape index (κ3) is 2.46. The van der Waals surface area contributed by atoms with Crippen LogP contribution in [0.15, 0.2) is 42.5 Å². The first-order valence-corrected chi connectivity index (χ1v) is 7.44. The molecule has 1 heterocycles. The zero-order chi connectivity index (χ0) is 18.3. The highest BCUT2D eigenvalue weighted by molar-refractivity contribution is 6.21. The molecule has 0 saturated heterocycles. The molecule has 7 nitrogen and oxygen atoms in total. The molecule has 0 aliphatic rings. The SMILES string of the molecule is Cc1c(C(=O)c2cccc([N+](=O)[O-])c2C(=O)O)c2ccccc2n1C. The zero-order valence-electron chi connectivity index (χ0n) is 13.5. The lowest BCUT2D eigenvalue weighted by atomic mass is 9.95. The summed E-state index contributed by atoms with van der Waals surface area (Å²) in [6.07, 6.45) is 0. The number of ketones is 1. The van der Waals surface area contributed by atoms with E-state index in [1.165, 1.54) is 12.1 Å². The van der Waals surface area contributed by atoms with Crippen molar-refractivity contribution in [1.29, 1.82) is 0 Å². The number of nitro groups is 1. The van der Waals surface area contributed by atoms with Crippen molar-refractivity contribution in [2.24, 2.45) is 7.05 Å². The second kappa shape index (κ2) is 5.86. The molecule has 0 atom stereocenters. The molecular weight excluding hydrogens is 324 g/mol. The van der Waals surface area contributed by atoms with Gasteiger partial charge in [0, 0.05) is 35.3 Å². The fourth-order valence-corrected chi connectivity index (χ4v) is 3.05. The van der Waals surface area contributed by atoms with Crippen molar-refractivity contribution in [3.63, 3.8) is 0 Å². The van der Waals surface area contributed by atoms with Crippen LogP contribution in [0.3, 0.4) is 0 Å². The van der Waals surface area contributed by atoms with Gasteiger partial charge in [-0.25, -0.2) is 4.79 Å². The maximum Gasteiger partial charge on any atom is 0.343 e. The topological polar surface area (TPSA) is 102 Å². The molecule has 0 spiro atoms. The van der Waals surface area contributed by atoms with Crippen LogP contribution >= 0.6 is 0 Å². The summed E-state index contributed by atoms with van der Waals surface area (Å²) in [5.74, 6) is -2.05. The Balaban J connectivity index is 2.31. The number of aromatic carboxylic acids is 1. The lowest BCUT2D eigenvalue weighted by molar-refractivity contribution is -0.385. The Morgan fingerprint density at radius 3 is 2.40 bits per heavy atom. The smallest absolute Gasteiger partial charge is 0.343 e. The number of nitro benzene ring substituents is 1. The minimum atomic E-state index is -1.51. The molecule has 25 heavy (non-hydrogen) atoms. The van der Waals surface area contributed by atoms with Crippen LogP contribution < -0.4 is 0 Å². The van der Waals surface area contributed by atoms with Crippen molar-refractivity contribution < 1.29 is 19.6 Å². The number of rotatable bonds is 4. The van der Waals surface area contributed by atoms with Crippen molar-refractivity contribution in [1.82, 2.24) is 4.57 Å². The van der Waals surface area contributed by atoms with Crippen molar-refractivity contribution in [3.8, 4) is 0 Å². The fourth-order valence-electron chi connectivity index (χ4n) is 3.05. The second-order valence-corrected chi connectivity index (χ2v) is 5.63. The lowest BCUT2D eigenvalue weighted by Crippen LogP contribution is -2.13. The van der Waals surface area contributed by atoms with Crippen LogP contribution in [0.1, 0.15) is 32.0 Å². The molecule has 0 radical (unpaired) electrons. The number of hydrogen-bond acceptors (Lipinski definition) is 4. The molecule has 7 heteroatoms. The molecular formula is C18H14N2O5. The van der Waals surface area contributed by atoms with E-state index in [0.29, 0.717) is 16.6 Å². The number of aromatic nitrogens is 1. The quantitative estimate of drug-likeness (QED) is 0.446. The van der Waals surface area contributed by atoms with Gasteiger partial charge in [0.05, 0.1) is 10.5 Å². The Morgan fingerprint density at radius 2 is 1.76 bits per heavy atom. The van der Waals surface area contributed by atoms with Gasteiger partial charge >= 0.3 is 5.97 Å². The Kier molecular flexibility index (Phi) is 3.84. The predicted octanol–water partition coefficient (Wildman–Crippen LogP) is 3.32. The first-order chi connectivity index (χ1) is 11.8. The van der Waals surface area contributed by atoms with Gasteiger partial charge in [-0.2, -0.15) is 0 Å². The Labute approximate surface area is 142 Å². The molecule has 0 unspecified atom stereocenters. The molecule has 126 valence electrons. The van der Waals surface area contributed by atoms with Crippen LogP contribution in [-0.2, 0) is 7.05 Å². The van der Waals surface area contributed by atoms with E-state index in [4.69, 9.17) is 0 Å². The first-order valence-electron chi connectivity index (χ1n) is 7.44. The summed E-state index contributed by atoms with van der Waals surface area (Å²) >= 11 is 0. The number of carbonyl (C=O) groups excluding carboxylic acids is 1. The number of carboxylic acids is 1. The summed E-state index contributed by atoms with van der Waals surface area (Å²) in [5, 5.41) is 21.2. The fraction of sp³-hybridized carbons (Fsp3) is 0.111. The maximum absolute atomic E-state index is 13.1. The molecule has 1 aromatic heterocycles. The zero-order valence-corrected chi connectivity index (χ0v) is 13.5. The van der Waals surface area contributed by atoms with Crippen molar-refractivity contribution in [2.45, 2.75) is 6.92 Å². The Bertz CT molecular complexity index is 1050. The monoisotopic (exact) mass is 338 g/mol. The number of fused-ring (bicyclic) bond motifs is 1. The lowest BCUT2D eigenvalue weighted by Gasteiger charge is -2.07. The van der Waals surface area contributed by atoms with Gasteiger partial charge in [0.15, 0.2) is 5.78 Å². The van der Waals surface area contributed by atoms with Crippen LogP contribution in [0.5, 0.6) is 0 Å². The number of para-hydroxylation sites is 1. The van der Waals surface area contributed by atoms with E-state index in [-0.39, 0.29) is 5.56 Å². The Morgan fingerprint density at radius 1 is 1.08 bits per heavy atom. The van der Waals surface area contributed by atoms with Crippen LogP contribution in [-0.4, -0.2) is 26.3 Å². The van der Waals surface area contributed by atoms with Crippen LogP contribution in [0.4, 0.5) is 5.69 Å². The van der Waals surface area contributed by atoms with E-state index in [1.807, 2.05) is 16.7 Å². The van der Waals surface area contributed by atoms with Gasteiger partial charge in [-0.3, -0.25) is 14.9 Å². The molecule has 1 N–H and O–H groups in total. The Hall–Kier alpha value is -3.48. The van der Waals surface area contributed by atoms with Crippen molar-refractivity contribution >= 4 is 28.3 Å². The summed E-state index contributed by atoms with van der Waals surface area (Å²) in [5.41, 5.74) is 0.447. The van der Waals surface area contributed by atoms with E-state index in [0.717, 1.165) is 11.6 Å². The van der Waals surface area contributed by atoms with E-state index >= 15 is 0 Å². The van der Waals surface area contributed by atoms with E-state index in [2.05, 4.69) is 0 Å². The number of nitrogens with zero attached hydrogens (tertiary/aromatic N) is 2. The van der Waals surface area contributed by atoms with Gasteiger partial charge in [0.1, 0.15) is 5.56 Å². The number of benzene rings is 2.